The Morgan fingerprint density at radius 1 is 1.44 bits per heavy atom. The predicted molar refractivity (Wildman–Crippen MR) is 64.3 cm³/mol. The van der Waals surface area contributed by atoms with Gasteiger partial charge in [0.1, 0.15) is 0 Å². The van der Waals surface area contributed by atoms with Gasteiger partial charge in [0.2, 0.25) is 0 Å². The third kappa shape index (κ3) is 2.25. The molecule has 1 heterocycles. The molecular weight excluding hydrogens is 226 g/mol. The Bertz CT molecular complexity index is 376. The maximum absolute atomic E-state index is 9.64. The van der Waals surface area contributed by atoms with E-state index in [1.807, 2.05) is 12.1 Å². The third-order valence-electron chi connectivity index (χ3n) is 2.98. The quantitative estimate of drug-likeness (QED) is 0.837. The van der Waals surface area contributed by atoms with Crippen molar-refractivity contribution in [3.63, 3.8) is 0 Å². The van der Waals surface area contributed by atoms with Gasteiger partial charge in [-0.1, -0.05) is 18.0 Å². The Morgan fingerprint density at radius 3 is 2.88 bits per heavy atom. The molecule has 0 amide bonds. The van der Waals surface area contributed by atoms with Crippen molar-refractivity contribution >= 4 is 11.6 Å². The van der Waals surface area contributed by atoms with E-state index < -0.39 is 0 Å². The van der Waals surface area contributed by atoms with E-state index in [0.29, 0.717) is 16.8 Å². The van der Waals surface area contributed by atoms with Gasteiger partial charge in [0.15, 0.2) is 11.5 Å². The van der Waals surface area contributed by atoms with Crippen LogP contribution in [0, 0.1) is 0 Å². The van der Waals surface area contributed by atoms with Gasteiger partial charge >= 0.3 is 0 Å². The van der Waals surface area contributed by atoms with E-state index in [1.165, 1.54) is 20.0 Å². The molecule has 1 aromatic rings. The van der Waals surface area contributed by atoms with E-state index in [-0.39, 0.29) is 5.75 Å². The second-order valence-electron chi connectivity index (χ2n) is 4.06. The van der Waals surface area contributed by atoms with Gasteiger partial charge in [-0.3, -0.25) is 0 Å². The summed E-state index contributed by atoms with van der Waals surface area (Å²) in [7, 11) is 1.53. The van der Waals surface area contributed by atoms with Crippen LogP contribution in [0.3, 0.4) is 0 Å². The van der Waals surface area contributed by atoms with Gasteiger partial charge in [-0.05, 0) is 37.1 Å². The van der Waals surface area contributed by atoms with Crippen molar-refractivity contribution in [1.82, 2.24) is 5.32 Å². The molecular formula is C12H16ClNO2. The summed E-state index contributed by atoms with van der Waals surface area (Å²) in [5.74, 6) is 0.457. The molecule has 0 aromatic heterocycles. The zero-order valence-corrected chi connectivity index (χ0v) is 10.0. The van der Waals surface area contributed by atoms with Crippen molar-refractivity contribution in [2.24, 2.45) is 0 Å². The summed E-state index contributed by atoms with van der Waals surface area (Å²) in [6.07, 6.45) is 3.54. The summed E-state index contributed by atoms with van der Waals surface area (Å²) in [5, 5.41) is 13.4. The SMILES string of the molecule is COc1cc([C@H]2CCCCN2)cc(Cl)c1O. The Morgan fingerprint density at radius 2 is 2.25 bits per heavy atom. The maximum atomic E-state index is 9.64. The molecule has 4 heteroatoms. The summed E-state index contributed by atoms with van der Waals surface area (Å²) in [4.78, 5) is 0. The van der Waals surface area contributed by atoms with Gasteiger partial charge in [-0.2, -0.15) is 0 Å². The number of rotatable bonds is 2. The van der Waals surface area contributed by atoms with E-state index in [0.717, 1.165) is 18.5 Å². The van der Waals surface area contributed by atoms with Crippen LogP contribution in [0.25, 0.3) is 0 Å². The predicted octanol–water partition coefficient (Wildman–Crippen LogP) is 2.87. The topological polar surface area (TPSA) is 41.5 Å². The fourth-order valence-electron chi connectivity index (χ4n) is 2.09. The monoisotopic (exact) mass is 241 g/mol. The molecule has 0 unspecified atom stereocenters. The van der Waals surface area contributed by atoms with E-state index >= 15 is 0 Å². The fraction of sp³-hybridized carbons (Fsp3) is 0.500. The zero-order chi connectivity index (χ0) is 11.5. The molecule has 1 fully saturated rings. The Balaban J connectivity index is 2.29. The highest BCUT2D eigenvalue weighted by Crippen LogP contribution is 2.37. The largest absolute Gasteiger partial charge is 0.503 e. The van der Waals surface area contributed by atoms with Gasteiger partial charge in [0, 0.05) is 6.04 Å². The first-order valence-electron chi connectivity index (χ1n) is 5.52. The number of aromatic hydroxyl groups is 1. The van der Waals surface area contributed by atoms with Crippen LogP contribution in [0.5, 0.6) is 11.5 Å². The zero-order valence-electron chi connectivity index (χ0n) is 9.29. The second kappa shape index (κ2) is 4.93. The molecule has 1 atom stereocenters. The van der Waals surface area contributed by atoms with Crippen molar-refractivity contribution in [1.29, 1.82) is 0 Å². The van der Waals surface area contributed by atoms with E-state index in [4.69, 9.17) is 16.3 Å². The summed E-state index contributed by atoms with van der Waals surface area (Å²) in [5.41, 5.74) is 1.08. The van der Waals surface area contributed by atoms with Crippen LogP contribution in [0.4, 0.5) is 0 Å². The molecule has 0 saturated carbocycles. The van der Waals surface area contributed by atoms with Crippen molar-refractivity contribution in [2.75, 3.05) is 13.7 Å². The number of hydrogen-bond donors (Lipinski definition) is 2. The number of phenolic OH excluding ortho intramolecular Hbond substituents is 1. The highest BCUT2D eigenvalue weighted by molar-refractivity contribution is 6.32. The first kappa shape index (κ1) is 11.6. The van der Waals surface area contributed by atoms with E-state index in [1.54, 1.807) is 0 Å². The number of piperidine rings is 1. The van der Waals surface area contributed by atoms with Crippen molar-refractivity contribution in [2.45, 2.75) is 25.3 Å². The number of nitrogens with one attached hydrogen (secondary N) is 1. The molecule has 2 N–H and O–H groups in total. The van der Waals surface area contributed by atoms with E-state index in [9.17, 15) is 5.11 Å². The first-order chi connectivity index (χ1) is 7.72. The van der Waals surface area contributed by atoms with Crippen LogP contribution in [0.2, 0.25) is 5.02 Å². The minimum atomic E-state index is 0.0173. The van der Waals surface area contributed by atoms with Crippen LogP contribution in [0.1, 0.15) is 30.9 Å². The van der Waals surface area contributed by atoms with E-state index in [2.05, 4.69) is 5.32 Å². The molecule has 0 bridgehead atoms. The summed E-state index contributed by atoms with van der Waals surface area (Å²) < 4.78 is 5.10. The summed E-state index contributed by atoms with van der Waals surface area (Å²) >= 11 is 5.96. The minimum Gasteiger partial charge on any atom is -0.503 e. The second-order valence-corrected chi connectivity index (χ2v) is 4.46. The third-order valence-corrected chi connectivity index (χ3v) is 3.27. The lowest BCUT2D eigenvalue weighted by Crippen LogP contribution is -2.26. The van der Waals surface area contributed by atoms with Crippen LogP contribution < -0.4 is 10.1 Å². The van der Waals surface area contributed by atoms with Crippen molar-refractivity contribution < 1.29 is 9.84 Å². The minimum absolute atomic E-state index is 0.0173. The molecule has 1 saturated heterocycles. The normalized spacial score (nSPS) is 20.8. The van der Waals surface area contributed by atoms with Gasteiger partial charge in [-0.15, -0.1) is 0 Å². The lowest BCUT2D eigenvalue weighted by molar-refractivity contribution is 0.369. The van der Waals surface area contributed by atoms with Gasteiger partial charge < -0.3 is 15.2 Å². The Hall–Kier alpha value is -0.930. The molecule has 1 aliphatic heterocycles. The molecule has 1 aliphatic rings. The van der Waals surface area contributed by atoms with Crippen LogP contribution in [0.15, 0.2) is 12.1 Å². The number of benzene rings is 1. The molecule has 16 heavy (non-hydrogen) atoms. The molecule has 0 aliphatic carbocycles. The van der Waals surface area contributed by atoms with Crippen molar-refractivity contribution in [3.05, 3.63) is 22.7 Å². The number of hydrogen-bond acceptors (Lipinski definition) is 3. The van der Waals surface area contributed by atoms with Crippen molar-refractivity contribution in [3.8, 4) is 11.5 Å². The Kier molecular flexibility index (Phi) is 3.56. The average molecular weight is 242 g/mol. The number of methoxy groups -OCH3 is 1. The standard InChI is InChI=1S/C12H16ClNO2/c1-16-11-7-8(6-9(13)12(11)15)10-4-2-3-5-14-10/h6-7,10,14-15H,2-5H2,1H3/t10-/m1/s1. The number of ether oxygens (including phenoxy) is 1. The molecule has 0 radical (unpaired) electrons. The van der Waals surface area contributed by atoms with Crippen LogP contribution in [-0.4, -0.2) is 18.8 Å². The maximum Gasteiger partial charge on any atom is 0.176 e. The smallest absolute Gasteiger partial charge is 0.176 e. The lowest BCUT2D eigenvalue weighted by atomic mass is 9.97. The van der Waals surface area contributed by atoms with Gasteiger partial charge in [-0.25, -0.2) is 0 Å². The molecule has 2 rings (SSSR count). The lowest BCUT2D eigenvalue weighted by Gasteiger charge is -2.24. The fourth-order valence-corrected chi connectivity index (χ4v) is 2.31. The number of halogens is 1. The first-order valence-corrected chi connectivity index (χ1v) is 5.90. The number of phenols is 1. The van der Waals surface area contributed by atoms with Gasteiger partial charge in [0.25, 0.3) is 0 Å². The average Bonchev–Trinajstić information content (AvgIpc) is 2.33. The highest BCUT2D eigenvalue weighted by atomic mass is 35.5. The van der Waals surface area contributed by atoms with Crippen LogP contribution >= 0.6 is 11.6 Å². The summed E-state index contributed by atoms with van der Waals surface area (Å²) in [6, 6.07) is 3.98. The van der Waals surface area contributed by atoms with Crippen LogP contribution in [-0.2, 0) is 0 Å². The molecule has 0 spiro atoms. The van der Waals surface area contributed by atoms with Gasteiger partial charge in [0.05, 0.1) is 12.1 Å². The summed E-state index contributed by atoms with van der Waals surface area (Å²) in [6.45, 7) is 1.03. The molecule has 88 valence electrons. The molecule has 1 aromatic carbocycles. The molecule has 3 nitrogen and oxygen atoms in total. The highest BCUT2D eigenvalue weighted by Gasteiger charge is 2.18. The Labute approximate surface area is 100 Å².